The van der Waals surface area contributed by atoms with Crippen molar-refractivity contribution in [3.8, 4) is 5.75 Å². The molecule has 2 saturated heterocycles. The van der Waals surface area contributed by atoms with Crippen LogP contribution in [0.25, 0.3) is 0 Å². The van der Waals surface area contributed by atoms with Crippen molar-refractivity contribution in [2.24, 2.45) is 11.8 Å². The number of ether oxygens (including phenoxy) is 2. The van der Waals surface area contributed by atoms with Crippen molar-refractivity contribution in [1.29, 1.82) is 0 Å². The second kappa shape index (κ2) is 8.53. The zero-order valence-corrected chi connectivity index (χ0v) is 17.6. The van der Waals surface area contributed by atoms with Crippen molar-refractivity contribution in [2.75, 3.05) is 20.3 Å². The van der Waals surface area contributed by atoms with E-state index in [1.807, 2.05) is 36.5 Å². The summed E-state index contributed by atoms with van der Waals surface area (Å²) in [7, 11) is 1.58. The molecular weight excluding hydrogens is 372 g/mol. The summed E-state index contributed by atoms with van der Waals surface area (Å²) < 4.78 is 11.0. The van der Waals surface area contributed by atoms with E-state index < -0.39 is 23.3 Å². The first-order chi connectivity index (χ1) is 14.0. The van der Waals surface area contributed by atoms with Gasteiger partial charge < -0.3 is 14.8 Å². The van der Waals surface area contributed by atoms with Crippen LogP contribution in [0.1, 0.15) is 51.6 Å². The fourth-order valence-electron chi connectivity index (χ4n) is 4.99. The summed E-state index contributed by atoms with van der Waals surface area (Å²) in [6, 6.07) is 7.11. The molecule has 2 heterocycles. The molecule has 7 nitrogen and oxygen atoms in total. The van der Waals surface area contributed by atoms with E-state index in [2.05, 4.69) is 0 Å². The van der Waals surface area contributed by atoms with E-state index in [0.717, 1.165) is 18.4 Å². The SMILES string of the molecule is CCCC[C@@]1(C(=O)OCC)[NH2+][C@@H](c2ccccc2OC)[C@H]2C(=O)N(CC)C(=O)[C@H]21. The molecular formula is C22H31N2O5+. The number of esters is 1. The monoisotopic (exact) mass is 403 g/mol. The normalized spacial score (nSPS) is 28.6. The quantitative estimate of drug-likeness (QED) is 0.524. The molecule has 2 fully saturated rings. The molecule has 0 aromatic heterocycles. The van der Waals surface area contributed by atoms with E-state index in [0.29, 0.717) is 18.7 Å². The largest absolute Gasteiger partial charge is 0.496 e. The van der Waals surface area contributed by atoms with Gasteiger partial charge in [0.15, 0.2) is 0 Å². The molecule has 7 heteroatoms. The number of methoxy groups -OCH3 is 1. The number of benzene rings is 1. The number of amides is 2. The average Bonchev–Trinajstić information content (AvgIpc) is 3.20. The highest BCUT2D eigenvalue weighted by Gasteiger charge is 2.72. The van der Waals surface area contributed by atoms with Crippen LogP contribution in [0.2, 0.25) is 0 Å². The van der Waals surface area contributed by atoms with Gasteiger partial charge in [-0.25, -0.2) is 4.79 Å². The van der Waals surface area contributed by atoms with Crippen LogP contribution in [0.3, 0.4) is 0 Å². The van der Waals surface area contributed by atoms with Crippen LogP contribution in [0, 0.1) is 11.8 Å². The van der Waals surface area contributed by atoms with Gasteiger partial charge in [-0.3, -0.25) is 14.5 Å². The van der Waals surface area contributed by atoms with Gasteiger partial charge in [0.1, 0.15) is 23.6 Å². The Hall–Kier alpha value is -2.41. The second-order valence-electron chi connectivity index (χ2n) is 7.72. The Balaban J connectivity index is 2.16. The standard InChI is InChI=1S/C22H30N2O5/c1-5-8-13-22(21(27)29-7-3)17-16(19(25)24(6-2)20(17)26)18(23-22)14-11-9-10-12-15(14)28-4/h9-12,16-18,23H,5-8,13H2,1-4H3/p+1/t16-,17-,18-,22+/m0/s1. The summed E-state index contributed by atoms with van der Waals surface area (Å²) in [6.07, 6.45) is 2.14. The number of likely N-dealkylation sites (tertiary alicyclic amines) is 1. The smallest absolute Gasteiger partial charge is 0.368 e. The summed E-state index contributed by atoms with van der Waals surface area (Å²) >= 11 is 0. The van der Waals surface area contributed by atoms with Crippen LogP contribution in [0.5, 0.6) is 5.75 Å². The van der Waals surface area contributed by atoms with Gasteiger partial charge in [-0.1, -0.05) is 25.5 Å². The van der Waals surface area contributed by atoms with Gasteiger partial charge in [-0.2, -0.15) is 0 Å². The highest BCUT2D eigenvalue weighted by Crippen LogP contribution is 2.47. The molecule has 2 amide bonds. The maximum absolute atomic E-state index is 13.3. The van der Waals surface area contributed by atoms with Crippen molar-refractivity contribution >= 4 is 17.8 Å². The Bertz CT molecular complexity index is 795. The fourth-order valence-corrected chi connectivity index (χ4v) is 4.99. The summed E-state index contributed by atoms with van der Waals surface area (Å²) in [5, 5.41) is 1.91. The number of quaternary nitrogens is 1. The number of para-hydroxylation sites is 1. The first-order valence-corrected chi connectivity index (χ1v) is 10.5. The number of rotatable bonds is 8. The van der Waals surface area contributed by atoms with Gasteiger partial charge in [0, 0.05) is 13.0 Å². The highest BCUT2D eigenvalue weighted by atomic mass is 16.5. The Labute approximate surface area is 171 Å². The molecule has 0 spiro atoms. The zero-order valence-electron chi connectivity index (χ0n) is 17.6. The topological polar surface area (TPSA) is 89.5 Å². The van der Waals surface area contributed by atoms with E-state index in [9.17, 15) is 14.4 Å². The highest BCUT2D eigenvalue weighted by molar-refractivity contribution is 6.08. The van der Waals surface area contributed by atoms with Gasteiger partial charge in [-0.05, 0) is 32.4 Å². The van der Waals surface area contributed by atoms with Gasteiger partial charge >= 0.3 is 5.97 Å². The van der Waals surface area contributed by atoms with E-state index in [-0.39, 0.29) is 24.5 Å². The lowest BCUT2D eigenvalue weighted by atomic mass is 9.76. The lowest BCUT2D eigenvalue weighted by Gasteiger charge is -2.29. The van der Waals surface area contributed by atoms with Crippen LogP contribution >= 0.6 is 0 Å². The Kier molecular flexibility index (Phi) is 6.27. The Morgan fingerprint density at radius 1 is 1.17 bits per heavy atom. The molecule has 4 atom stereocenters. The summed E-state index contributed by atoms with van der Waals surface area (Å²) in [6.45, 7) is 6.13. The van der Waals surface area contributed by atoms with Gasteiger partial charge in [0.25, 0.3) is 0 Å². The molecule has 0 bridgehead atoms. The minimum absolute atomic E-state index is 0.211. The minimum Gasteiger partial charge on any atom is -0.496 e. The number of fused-ring (bicyclic) bond motifs is 1. The third kappa shape index (κ3) is 3.31. The lowest BCUT2D eigenvalue weighted by molar-refractivity contribution is -0.735. The average molecular weight is 403 g/mol. The number of hydrogen-bond donors (Lipinski definition) is 1. The van der Waals surface area contributed by atoms with Crippen molar-refractivity contribution in [3.05, 3.63) is 29.8 Å². The summed E-state index contributed by atoms with van der Waals surface area (Å²) in [4.78, 5) is 41.1. The number of nitrogens with two attached hydrogens (primary N) is 1. The van der Waals surface area contributed by atoms with Gasteiger partial charge in [0.05, 0.1) is 19.3 Å². The predicted molar refractivity (Wildman–Crippen MR) is 106 cm³/mol. The molecule has 3 rings (SSSR count). The maximum atomic E-state index is 13.3. The van der Waals surface area contributed by atoms with Crippen molar-refractivity contribution in [2.45, 2.75) is 51.6 Å². The Morgan fingerprint density at radius 2 is 1.90 bits per heavy atom. The molecule has 1 aromatic rings. The van der Waals surface area contributed by atoms with E-state index in [1.165, 1.54) is 4.90 Å². The number of unbranched alkanes of at least 4 members (excludes halogenated alkanes) is 1. The van der Waals surface area contributed by atoms with E-state index >= 15 is 0 Å². The molecule has 0 aliphatic carbocycles. The molecule has 0 saturated carbocycles. The number of carbonyl (C=O) groups is 3. The van der Waals surface area contributed by atoms with Crippen molar-refractivity contribution in [1.82, 2.24) is 4.90 Å². The second-order valence-corrected chi connectivity index (χ2v) is 7.72. The maximum Gasteiger partial charge on any atom is 0.368 e. The van der Waals surface area contributed by atoms with Crippen LogP contribution in [-0.2, 0) is 19.1 Å². The van der Waals surface area contributed by atoms with Gasteiger partial charge in [-0.15, -0.1) is 0 Å². The van der Waals surface area contributed by atoms with Crippen molar-refractivity contribution < 1.29 is 29.2 Å². The number of nitrogens with zero attached hydrogens (tertiary/aromatic N) is 1. The number of imide groups is 1. The number of carbonyl (C=O) groups excluding carboxylic acids is 3. The molecule has 2 N–H and O–H groups in total. The summed E-state index contributed by atoms with van der Waals surface area (Å²) in [5.74, 6) is -1.56. The Morgan fingerprint density at radius 3 is 2.52 bits per heavy atom. The van der Waals surface area contributed by atoms with E-state index in [1.54, 1.807) is 21.0 Å². The lowest BCUT2D eigenvalue weighted by Crippen LogP contribution is -2.98. The number of hydrogen-bond acceptors (Lipinski definition) is 5. The van der Waals surface area contributed by atoms with Crippen LogP contribution in [0.15, 0.2) is 24.3 Å². The van der Waals surface area contributed by atoms with Crippen LogP contribution in [-0.4, -0.2) is 48.5 Å². The third-order valence-electron chi connectivity index (χ3n) is 6.27. The first-order valence-electron chi connectivity index (χ1n) is 10.5. The van der Waals surface area contributed by atoms with Crippen molar-refractivity contribution in [3.63, 3.8) is 0 Å². The predicted octanol–water partition coefficient (Wildman–Crippen LogP) is 1.43. The molecule has 1 aromatic carbocycles. The van der Waals surface area contributed by atoms with Crippen LogP contribution in [0.4, 0.5) is 0 Å². The fraction of sp³-hybridized carbons (Fsp3) is 0.591. The molecule has 158 valence electrons. The van der Waals surface area contributed by atoms with E-state index in [4.69, 9.17) is 9.47 Å². The molecule has 29 heavy (non-hydrogen) atoms. The molecule has 2 aliphatic heterocycles. The zero-order chi connectivity index (χ0) is 21.2. The molecule has 0 radical (unpaired) electrons. The minimum atomic E-state index is -1.10. The molecule has 0 unspecified atom stereocenters. The van der Waals surface area contributed by atoms with Gasteiger partial charge in [0.2, 0.25) is 17.4 Å². The third-order valence-corrected chi connectivity index (χ3v) is 6.27. The summed E-state index contributed by atoms with van der Waals surface area (Å²) in [5.41, 5.74) is -0.273. The van der Waals surface area contributed by atoms with Crippen LogP contribution < -0.4 is 10.1 Å². The molecule has 2 aliphatic rings. The first kappa shape index (κ1) is 21.3.